The summed E-state index contributed by atoms with van der Waals surface area (Å²) < 4.78 is 0. The van der Waals surface area contributed by atoms with E-state index in [1.165, 1.54) is 0 Å². The van der Waals surface area contributed by atoms with E-state index in [9.17, 15) is 4.79 Å². The van der Waals surface area contributed by atoms with Gasteiger partial charge in [0.25, 0.3) is 5.91 Å². The quantitative estimate of drug-likeness (QED) is 0.562. The summed E-state index contributed by atoms with van der Waals surface area (Å²) in [5, 5.41) is 8.41. The van der Waals surface area contributed by atoms with Crippen LogP contribution in [0.15, 0.2) is 24.3 Å². The van der Waals surface area contributed by atoms with Crippen LogP contribution in [0.4, 0.5) is 0 Å². The van der Waals surface area contributed by atoms with Crippen molar-refractivity contribution in [3.63, 3.8) is 0 Å². The molecule has 0 saturated heterocycles. The van der Waals surface area contributed by atoms with E-state index < -0.39 is 5.91 Å². The van der Waals surface area contributed by atoms with Gasteiger partial charge in [0, 0.05) is 5.56 Å². The highest BCUT2D eigenvalue weighted by Crippen LogP contribution is 2.08. The number of carbonyl (C=O) groups excluding carboxylic acids is 1. The maximum Gasteiger partial charge on any atom is 0.274 e. The molecular weight excluding hydrogens is 178 g/mol. The predicted octanol–water partition coefficient (Wildman–Crippen LogP) is 2.39. The summed E-state index contributed by atoms with van der Waals surface area (Å²) in [6.07, 6.45) is 0.781. The van der Waals surface area contributed by atoms with E-state index in [1.54, 1.807) is 17.6 Å². The van der Waals surface area contributed by atoms with E-state index in [-0.39, 0.29) is 0 Å². The number of hydrogen-bond acceptors (Lipinski definition) is 2. The topological polar surface area (TPSA) is 49.3 Å². The molecule has 0 aliphatic heterocycles. The van der Waals surface area contributed by atoms with Gasteiger partial charge in [0.05, 0.1) is 0 Å². The molecule has 14 heavy (non-hydrogen) atoms. The summed E-state index contributed by atoms with van der Waals surface area (Å²) >= 11 is 0. The van der Waals surface area contributed by atoms with E-state index in [0.29, 0.717) is 5.56 Å². The predicted molar refractivity (Wildman–Crippen MR) is 56.4 cm³/mol. The van der Waals surface area contributed by atoms with E-state index in [0.717, 1.165) is 12.0 Å². The van der Waals surface area contributed by atoms with Gasteiger partial charge in [-0.2, -0.15) is 0 Å². The van der Waals surface area contributed by atoms with Gasteiger partial charge in [-0.15, -0.1) is 0 Å². The largest absolute Gasteiger partial charge is 0.288 e. The summed E-state index contributed by atoms with van der Waals surface area (Å²) in [6.45, 7) is 5.96. The van der Waals surface area contributed by atoms with Gasteiger partial charge in [-0.05, 0) is 18.1 Å². The highest BCUT2D eigenvalue weighted by Gasteiger charge is 2.06. The van der Waals surface area contributed by atoms with Gasteiger partial charge in [-0.3, -0.25) is 10.0 Å². The van der Waals surface area contributed by atoms with Crippen molar-refractivity contribution in [2.45, 2.75) is 27.2 Å². The van der Waals surface area contributed by atoms with E-state index in [2.05, 4.69) is 0 Å². The molecule has 0 heterocycles. The molecule has 2 N–H and O–H groups in total. The zero-order chi connectivity index (χ0) is 11.0. The molecule has 1 amide bonds. The van der Waals surface area contributed by atoms with Crippen molar-refractivity contribution in [1.29, 1.82) is 0 Å². The summed E-state index contributed by atoms with van der Waals surface area (Å²) in [5.41, 5.74) is 3.08. The minimum atomic E-state index is -0.451. The first-order chi connectivity index (χ1) is 6.79. The molecule has 1 rings (SSSR count). The number of benzene rings is 1. The molecule has 0 atom stereocenters. The smallest absolute Gasteiger partial charge is 0.274 e. The summed E-state index contributed by atoms with van der Waals surface area (Å²) in [6, 6.07) is 7.19. The number of aryl methyl sites for hydroxylation is 1. The van der Waals surface area contributed by atoms with Crippen LogP contribution < -0.4 is 5.48 Å². The minimum Gasteiger partial charge on any atom is -0.288 e. The van der Waals surface area contributed by atoms with Gasteiger partial charge in [0.1, 0.15) is 0 Å². The normalized spacial score (nSPS) is 8.57. The molecule has 0 saturated carbocycles. The Morgan fingerprint density at radius 3 is 2.43 bits per heavy atom. The molecule has 0 aliphatic carbocycles. The molecule has 0 spiro atoms. The first kappa shape index (κ1) is 12.7. The Bertz CT molecular complexity index is 284. The molecule has 1 aromatic rings. The molecular formula is C11H17NO2. The first-order valence-corrected chi connectivity index (χ1v) is 4.82. The zero-order valence-electron chi connectivity index (χ0n) is 8.87. The fraction of sp³-hybridized carbons (Fsp3) is 0.364. The highest BCUT2D eigenvalue weighted by molar-refractivity contribution is 5.94. The lowest BCUT2D eigenvalue weighted by atomic mass is 10.1. The molecule has 0 aliphatic rings. The van der Waals surface area contributed by atoms with E-state index in [1.807, 2.05) is 32.9 Å². The third-order valence-corrected chi connectivity index (χ3v) is 1.74. The lowest BCUT2D eigenvalue weighted by molar-refractivity contribution is 0.0705. The Morgan fingerprint density at radius 2 is 1.93 bits per heavy atom. The maximum absolute atomic E-state index is 11.0. The van der Waals surface area contributed by atoms with Crippen molar-refractivity contribution in [2.24, 2.45) is 0 Å². The van der Waals surface area contributed by atoms with Crippen molar-refractivity contribution in [1.82, 2.24) is 5.48 Å². The molecule has 0 bridgehead atoms. The van der Waals surface area contributed by atoms with Crippen LogP contribution in [0.5, 0.6) is 0 Å². The summed E-state index contributed by atoms with van der Waals surface area (Å²) in [4.78, 5) is 11.0. The second-order valence-electron chi connectivity index (χ2n) is 2.45. The average Bonchev–Trinajstić information content (AvgIpc) is 2.30. The van der Waals surface area contributed by atoms with Gasteiger partial charge in [-0.25, -0.2) is 5.48 Å². The molecule has 1 aromatic carbocycles. The molecule has 0 unspecified atom stereocenters. The second kappa shape index (κ2) is 7.09. The van der Waals surface area contributed by atoms with Crippen LogP contribution in [0.1, 0.15) is 36.7 Å². The van der Waals surface area contributed by atoms with E-state index in [4.69, 9.17) is 5.21 Å². The van der Waals surface area contributed by atoms with Gasteiger partial charge in [0.2, 0.25) is 0 Å². The third-order valence-electron chi connectivity index (χ3n) is 1.74. The first-order valence-electron chi connectivity index (χ1n) is 4.82. The standard InChI is InChI=1S/C9H11NO2.C2H6/c1-2-7-5-3-4-6-8(7)9(11)10-12;1-2/h3-6,12H,2H2,1H3,(H,10,11);1-2H3. The third kappa shape index (κ3) is 3.18. The van der Waals surface area contributed by atoms with Crippen molar-refractivity contribution in [2.75, 3.05) is 0 Å². The van der Waals surface area contributed by atoms with Crippen LogP contribution in [0, 0.1) is 0 Å². The average molecular weight is 195 g/mol. The summed E-state index contributed by atoms with van der Waals surface area (Å²) in [7, 11) is 0. The second-order valence-corrected chi connectivity index (χ2v) is 2.45. The Hall–Kier alpha value is -1.35. The van der Waals surface area contributed by atoms with Crippen LogP contribution in [0.2, 0.25) is 0 Å². The Morgan fingerprint density at radius 1 is 1.36 bits per heavy atom. The maximum atomic E-state index is 11.0. The van der Waals surface area contributed by atoms with Crippen LogP contribution >= 0.6 is 0 Å². The lowest BCUT2D eigenvalue weighted by Gasteiger charge is -2.03. The Balaban J connectivity index is 0.000000791. The minimum absolute atomic E-state index is 0.451. The van der Waals surface area contributed by atoms with Gasteiger partial charge >= 0.3 is 0 Å². The highest BCUT2D eigenvalue weighted by atomic mass is 16.5. The molecule has 3 heteroatoms. The van der Waals surface area contributed by atoms with Crippen molar-refractivity contribution in [3.05, 3.63) is 35.4 Å². The number of hydroxylamine groups is 1. The molecule has 0 fully saturated rings. The zero-order valence-corrected chi connectivity index (χ0v) is 8.87. The molecule has 0 aromatic heterocycles. The number of carbonyl (C=O) groups is 1. The SMILES string of the molecule is CC.CCc1ccccc1C(=O)NO. The fourth-order valence-corrected chi connectivity index (χ4v) is 1.11. The number of nitrogens with one attached hydrogen (secondary N) is 1. The number of amides is 1. The van der Waals surface area contributed by atoms with Gasteiger partial charge < -0.3 is 0 Å². The van der Waals surface area contributed by atoms with Crippen molar-refractivity contribution < 1.29 is 10.0 Å². The molecule has 3 nitrogen and oxygen atoms in total. The monoisotopic (exact) mass is 195 g/mol. The van der Waals surface area contributed by atoms with Crippen LogP contribution in [0.3, 0.4) is 0 Å². The molecule has 78 valence electrons. The van der Waals surface area contributed by atoms with Gasteiger partial charge in [-0.1, -0.05) is 39.0 Å². The Kier molecular flexibility index (Phi) is 6.41. The fourth-order valence-electron chi connectivity index (χ4n) is 1.11. The van der Waals surface area contributed by atoms with E-state index >= 15 is 0 Å². The van der Waals surface area contributed by atoms with Crippen molar-refractivity contribution >= 4 is 5.91 Å². The van der Waals surface area contributed by atoms with Crippen molar-refractivity contribution in [3.8, 4) is 0 Å². The number of hydrogen-bond donors (Lipinski definition) is 2. The number of rotatable bonds is 2. The van der Waals surface area contributed by atoms with Crippen LogP contribution in [0.25, 0.3) is 0 Å². The lowest BCUT2D eigenvalue weighted by Crippen LogP contribution is -2.19. The van der Waals surface area contributed by atoms with Gasteiger partial charge in [0.15, 0.2) is 0 Å². The molecule has 0 radical (unpaired) electrons. The Labute approximate surface area is 84.7 Å². The van der Waals surface area contributed by atoms with Crippen LogP contribution in [-0.4, -0.2) is 11.1 Å². The van der Waals surface area contributed by atoms with Crippen LogP contribution in [-0.2, 0) is 6.42 Å². The summed E-state index contributed by atoms with van der Waals surface area (Å²) in [5.74, 6) is -0.451.